The Hall–Kier alpha value is -2.04. The summed E-state index contributed by atoms with van der Waals surface area (Å²) in [5, 5.41) is 3.00. The number of hydrogen-bond acceptors (Lipinski definition) is 4. The Kier molecular flexibility index (Phi) is 6.64. The lowest BCUT2D eigenvalue weighted by Crippen LogP contribution is -2.46. The van der Waals surface area contributed by atoms with Crippen molar-refractivity contribution in [1.29, 1.82) is 0 Å². The molecule has 0 unspecified atom stereocenters. The van der Waals surface area contributed by atoms with E-state index >= 15 is 0 Å². The van der Waals surface area contributed by atoms with E-state index in [2.05, 4.69) is 12.2 Å². The van der Waals surface area contributed by atoms with E-state index in [0.29, 0.717) is 11.7 Å². The predicted molar refractivity (Wildman–Crippen MR) is 91.8 cm³/mol. The Labute approximate surface area is 143 Å². The van der Waals surface area contributed by atoms with Gasteiger partial charge in [0.25, 0.3) is 5.91 Å². The molecular weight excluding hydrogens is 306 g/mol. The zero-order valence-corrected chi connectivity index (χ0v) is 14.7. The fraction of sp³-hybridized carbons (Fsp3) is 0.579. The highest BCUT2D eigenvalue weighted by atomic mass is 16.6. The Morgan fingerprint density at radius 1 is 1.25 bits per heavy atom. The number of rotatable bonds is 6. The summed E-state index contributed by atoms with van der Waals surface area (Å²) in [6.45, 7) is 5.44. The van der Waals surface area contributed by atoms with Gasteiger partial charge in [0, 0.05) is 6.04 Å². The van der Waals surface area contributed by atoms with Crippen LogP contribution in [0, 0.1) is 12.8 Å². The molecule has 3 atom stereocenters. The average Bonchev–Trinajstić information content (AvgIpc) is 2.56. The first kappa shape index (κ1) is 18.3. The second kappa shape index (κ2) is 8.71. The lowest BCUT2D eigenvalue weighted by Gasteiger charge is -2.30. The molecule has 1 fully saturated rings. The van der Waals surface area contributed by atoms with Crippen molar-refractivity contribution >= 4 is 11.9 Å². The number of amides is 1. The summed E-state index contributed by atoms with van der Waals surface area (Å²) in [5.41, 5.74) is 0.947. The van der Waals surface area contributed by atoms with Crippen LogP contribution >= 0.6 is 0 Å². The number of esters is 1. The van der Waals surface area contributed by atoms with Gasteiger partial charge in [-0.1, -0.05) is 38.0 Å². The highest BCUT2D eigenvalue weighted by molar-refractivity contribution is 5.83. The predicted octanol–water partition coefficient (Wildman–Crippen LogP) is 3.00. The third-order valence-corrected chi connectivity index (χ3v) is 4.56. The summed E-state index contributed by atoms with van der Waals surface area (Å²) >= 11 is 0. The second-order valence-electron chi connectivity index (χ2n) is 6.56. The monoisotopic (exact) mass is 333 g/mol. The van der Waals surface area contributed by atoms with Crippen LogP contribution in [-0.4, -0.2) is 30.6 Å². The van der Waals surface area contributed by atoms with E-state index in [0.717, 1.165) is 24.8 Å². The van der Waals surface area contributed by atoms with E-state index in [9.17, 15) is 9.59 Å². The van der Waals surface area contributed by atoms with Gasteiger partial charge in [0.2, 0.25) is 0 Å². The van der Waals surface area contributed by atoms with E-state index in [4.69, 9.17) is 9.47 Å². The zero-order valence-electron chi connectivity index (χ0n) is 14.7. The summed E-state index contributed by atoms with van der Waals surface area (Å²) < 4.78 is 10.6. The summed E-state index contributed by atoms with van der Waals surface area (Å²) in [5.74, 6) is 0.327. The largest absolute Gasteiger partial charge is 0.482 e. The minimum Gasteiger partial charge on any atom is -0.482 e. The molecule has 5 heteroatoms. The highest BCUT2D eigenvalue weighted by Gasteiger charge is 2.26. The van der Waals surface area contributed by atoms with Gasteiger partial charge >= 0.3 is 5.97 Å². The molecule has 0 bridgehead atoms. The van der Waals surface area contributed by atoms with E-state index in [1.54, 1.807) is 13.0 Å². The number of hydrogen-bond donors (Lipinski definition) is 1. The highest BCUT2D eigenvalue weighted by Crippen LogP contribution is 2.23. The molecule has 1 saturated carbocycles. The first-order chi connectivity index (χ1) is 11.5. The zero-order chi connectivity index (χ0) is 17.5. The van der Waals surface area contributed by atoms with Crippen LogP contribution < -0.4 is 10.1 Å². The molecule has 1 amide bonds. The molecular formula is C19H27NO4. The number of nitrogens with one attached hydrogen (secondary N) is 1. The average molecular weight is 333 g/mol. The number of para-hydroxylation sites is 1. The molecule has 24 heavy (non-hydrogen) atoms. The molecule has 1 aromatic carbocycles. The Morgan fingerprint density at radius 3 is 2.67 bits per heavy atom. The van der Waals surface area contributed by atoms with Crippen LogP contribution in [0.2, 0.25) is 0 Å². The molecule has 1 aliphatic rings. The van der Waals surface area contributed by atoms with Crippen LogP contribution in [-0.2, 0) is 14.3 Å². The number of carbonyl (C=O) groups is 2. The van der Waals surface area contributed by atoms with Crippen LogP contribution in [0.15, 0.2) is 24.3 Å². The fourth-order valence-corrected chi connectivity index (χ4v) is 2.97. The van der Waals surface area contributed by atoms with Gasteiger partial charge in [0.15, 0.2) is 12.7 Å². The molecule has 2 rings (SSSR count). The molecule has 1 aliphatic carbocycles. The van der Waals surface area contributed by atoms with E-state index < -0.39 is 12.1 Å². The van der Waals surface area contributed by atoms with Gasteiger partial charge < -0.3 is 14.8 Å². The molecule has 0 aromatic heterocycles. The standard InChI is InChI=1S/C19H27NO4/c1-13-8-4-6-10-16(13)20-19(22)15(3)24-18(21)12-23-17-11-7-5-9-14(17)2/h5,7,9,11,13,15-16H,4,6,8,10,12H2,1-3H3,(H,20,22)/t13-,15+,16-/m0/s1. The van der Waals surface area contributed by atoms with Gasteiger partial charge in [-0.05, 0) is 44.2 Å². The van der Waals surface area contributed by atoms with Gasteiger partial charge in [-0.3, -0.25) is 4.79 Å². The molecule has 0 radical (unpaired) electrons. The van der Waals surface area contributed by atoms with E-state index in [-0.39, 0.29) is 18.6 Å². The van der Waals surface area contributed by atoms with Crippen molar-refractivity contribution in [3.05, 3.63) is 29.8 Å². The third kappa shape index (κ3) is 5.25. The Morgan fingerprint density at radius 2 is 1.96 bits per heavy atom. The van der Waals surface area contributed by atoms with Gasteiger partial charge in [0.1, 0.15) is 5.75 Å². The quantitative estimate of drug-likeness (QED) is 0.813. The molecule has 0 heterocycles. The lowest BCUT2D eigenvalue weighted by atomic mass is 9.86. The number of benzene rings is 1. The maximum absolute atomic E-state index is 12.2. The minimum absolute atomic E-state index is 0.177. The van der Waals surface area contributed by atoms with Crippen LogP contribution in [0.1, 0.15) is 45.1 Å². The van der Waals surface area contributed by atoms with Crippen LogP contribution in [0.3, 0.4) is 0 Å². The van der Waals surface area contributed by atoms with Crippen LogP contribution in [0.4, 0.5) is 0 Å². The molecule has 5 nitrogen and oxygen atoms in total. The Balaban J connectivity index is 1.76. The molecule has 0 spiro atoms. The SMILES string of the molecule is Cc1ccccc1OCC(=O)O[C@H](C)C(=O)N[C@H]1CCCC[C@@H]1C. The van der Waals surface area contributed by atoms with Crippen LogP contribution in [0.25, 0.3) is 0 Å². The van der Waals surface area contributed by atoms with Gasteiger partial charge in [-0.2, -0.15) is 0 Å². The fourth-order valence-electron chi connectivity index (χ4n) is 2.97. The maximum Gasteiger partial charge on any atom is 0.344 e. The van der Waals surface area contributed by atoms with Crippen molar-refractivity contribution in [3.63, 3.8) is 0 Å². The molecule has 0 saturated heterocycles. The smallest absolute Gasteiger partial charge is 0.344 e. The van der Waals surface area contributed by atoms with Crippen molar-refractivity contribution in [3.8, 4) is 5.75 Å². The summed E-state index contributed by atoms with van der Waals surface area (Å²) in [6, 6.07) is 7.62. The summed E-state index contributed by atoms with van der Waals surface area (Å²) in [4.78, 5) is 24.1. The first-order valence-electron chi connectivity index (χ1n) is 8.65. The second-order valence-corrected chi connectivity index (χ2v) is 6.56. The van der Waals surface area contributed by atoms with E-state index in [1.807, 2.05) is 25.1 Å². The third-order valence-electron chi connectivity index (χ3n) is 4.56. The van der Waals surface area contributed by atoms with Gasteiger partial charge in [0.05, 0.1) is 0 Å². The van der Waals surface area contributed by atoms with Crippen molar-refractivity contribution in [1.82, 2.24) is 5.32 Å². The first-order valence-corrected chi connectivity index (χ1v) is 8.65. The minimum atomic E-state index is -0.813. The lowest BCUT2D eigenvalue weighted by molar-refractivity contribution is -0.157. The van der Waals surface area contributed by atoms with E-state index in [1.165, 1.54) is 6.42 Å². The van der Waals surface area contributed by atoms with Crippen molar-refractivity contribution in [2.24, 2.45) is 5.92 Å². The number of carbonyl (C=O) groups excluding carboxylic acids is 2. The van der Waals surface area contributed by atoms with Crippen molar-refractivity contribution < 1.29 is 19.1 Å². The number of ether oxygens (including phenoxy) is 2. The van der Waals surface area contributed by atoms with Gasteiger partial charge in [-0.25, -0.2) is 4.79 Å². The Bertz CT molecular complexity index is 572. The molecule has 1 aromatic rings. The molecule has 0 aliphatic heterocycles. The normalized spacial score (nSPS) is 21.6. The topological polar surface area (TPSA) is 64.6 Å². The number of aryl methyl sites for hydroxylation is 1. The summed E-state index contributed by atoms with van der Waals surface area (Å²) in [7, 11) is 0. The van der Waals surface area contributed by atoms with Crippen LogP contribution in [0.5, 0.6) is 5.75 Å². The summed E-state index contributed by atoms with van der Waals surface area (Å²) in [6.07, 6.45) is 3.65. The van der Waals surface area contributed by atoms with Gasteiger partial charge in [-0.15, -0.1) is 0 Å². The molecule has 1 N–H and O–H groups in total. The van der Waals surface area contributed by atoms with Crippen molar-refractivity contribution in [2.45, 2.75) is 58.6 Å². The maximum atomic E-state index is 12.2. The van der Waals surface area contributed by atoms with Crippen molar-refractivity contribution in [2.75, 3.05) is 6.61 Å². The molecule has 132 valence electrons.